The summed E-state index contributed by atoms with van der Waals surface area (Å²) in [5.74, 6) is -1.44. The number of carbonyl (C=O) groups is 8. The molecule has 0 spiro atoms. The number of aromatic nitrogens is 4. The van der Waals surface area contributed by atoms with E-state index in [1.54, 1.807) is 69.0 Å². The summed E-state index contributed by atoms with van der Waals surface area (Å²) in [5, 5.41) is 32.9. The van der Waals surface area contributed by atoms with Gasteiger partial charge in [-0.1, -0.05) is 84.4 Å². The monoisotopic (exact) mass is 1790 g/mol. The van der Waals surface area contributed by atoms with Crippen LogP contribution in [0.25, 0.3) is 0 Å². The highest BCUT2D eigenvalue weighted by atomic mass is 35.5. The predicted octanol–water partition coefficient (Wildman–Crippen LogP) is 15.4. The standard InChI is InChI=1S/C23H27ClFN3O4.2C23H25ClFN3O3.C21H23ClFN3O4/c1-13-11-22(26-19(29)12-31-16-4-5-17(24)18(25)10-16)6-8-23(13,9-7-22)27-21(30)20-14(2)28-32-15(20)3;1-15-13-22(27-20(29)14-31-17-2-3-18(24)19(25)12-17)6-8-23(15,9-7-22)28-21(30)16-4-10-26-11-5-16;1-15-12-22(27-20(29)14-31-17-4-5-18(24)19(25)11-17)6-8-23(15,9-7-22)28-21(30)16-3-2-10-26-13-16;1-13-11-20(25-18(27)12-29-14-2-3-15(22)16(23)10-14)5-7-21(13,8-6-20)26-19(28)17-4-9-24-30-17/h4-5,10,13H,6-9,11-12H2,1-3H3,(H,26,29)(H,27,30);2-5,10-12,15H,6-9,13-14H2,1H3,(H,27,29)(H,28,30);2-5,10-11,13,15H,6-9,12,14H2,1H3,(H,27,29)(H,28,30);2-4,9-10,13H,5-8,11-12H2,1H3,(H,25,27)(H,26,28). The van der Waals surface area contributed by atoms with E-state index in [9.17, 15) is 55.9 Å². The van der Waals surface area contributed by atoms with Gasteiger partial charge >= 0.3 is 0 Å². The molecule has 12 aliphatic rings. The minimum atomic E-state index is -0.592. The van der Waals surface area contributed by atoms with Gasteiger partial charge in [-0.15, -0.1) is 0 Å². The van der Waals surface area contributed by atoms with Crippen molar-refractivity contribution < 1.29 is 83.9 Å². The molecule has 8 N–H and O–H groups in total. The van der Waals surface area contributed by atoms with Gasteiger partial charge in [-0.2, -0.15) is 0 Å². The summed E-state index contributed by atoms with van der Waals surface area (Å²) in [5.41, 5.74) is -0.148. The van der Waals surface area contributed by atoms with Crippen LogP contribution in [-0.4, -0.2) is 138 Å². The maximum absolute atomic E-state index is 13.5. The maximum Gasteiger partial charge on any atom is 0.290 e. The lowest BCUT2D eigenvalue weighted by atomic mass is 9.56. The van der Waals surface area contributed by atoms with E-state index in [1.165, 1.54) is 54.7 Å². The number of hydrogen-bond acceptors (Lipinski definition) is 18. The molecular weight excluding hydrogens is 1690 g/mol. The third-order valence-corrected chi connectivity index (χ3v) is 28.1. The van der Waals surface area contributed by atoms with Crippen molar-refractivity contribution in [2.24, 2.45) is 23.7 Å². The maximum atomic E-state index is 13.5. The van der Waals surface area contributed by atoms with Gasteiger partial charge in [0.2, 0.25) is 5.76 Å². The van der Waals surface area contributed by atoms with E-state index in [1.807, 2.05) is 0 Å². The first kappa shape index (κ1) is 91.1. The average Bonchev–Trinajstić information content (AvgIpc) is 0.820. The lowest BCUT2D eigenvalue weighted by Gasteiger charge is -2.57. The fourth-order valence-corrected chi connectivity index (χ4v) is 20.3. The fourth-order valence-electron chi connectivity index (χ4n) is 19.8. The summed E-state index contributed by atoms with van der Waals surface area (Å²) in [4.78, 5) is 109. The summed E-state index contributed by atoms with van der Waals surface area (Å²) in [6.07, 6.45) is 23.4. The van der Waals surface area contributed by atoms with Gasteiger partial charge in [0, 0.05) is 105 Å². The van der Waals surface area contributed by atoms with Crippen molar-refractivity contribution in [3.05, 3.63) is 211 Å². The molecule has 12 fully saturated rings. The topological polar surface area (TPSA) is 348 Å². The third kappa shape index (κ3) is 21.2. The minimum absolute atomic E-state index is 0.00275. The third-order valence-electron chi connectivity index (χ3n) is 26.9. The van der Waals surface area contributed by atoms with Gasteiger partial charge in [0.25, 0.3) is 47.3 Å². The number of nitrogens with zero attached hydrogens (tertiary/aromatic N) is 4. The Morgan fingerprint density at radius 2 is 0.702 bits per heavy atom. The van der Waals surface area contributed by atoms with Crippen LogP contribution in [0.5, 0.6) is 23.0 Å². The van der Waals surface area contributed by atoms with Crippen molar-refractivity contribution in [2.45, 2.75) is 214 Å². The molecule has 4 unspecified atom stereocenters. The molecule has 8 bridgehead atoms. The van der Waals surface area contributed by atoms with E-state index < -0.39 is 23.3 Å². The van der Waals surface area contributed by atoms with Crippen LogP contribution >= 0.6 is 46.4 Å². The molecule has 4 aromatic heterocycles. The van der Waals surface area contributed by atoms with Crippen molar-refractivity contribution in [3.8, 4) is 23.0 Å². The Bertz CT molecular complexity index is 5040. The minimum Gasteiger partial charge on any atom is -0.484 e. The lowest BCUT2D eigenvalue weighted by molar-refractivity contribution is -0.128. The first-order valence-electron chi connectivity index (χ1n) is 41.5. The Kier molecular flexibility index (Phi) is 28.0. The number of pyridine rings is 2. The Morgan fingerprint density at radius 3 is 0.984 bits per heavy atom. The zero-order valence-electron chi connectivity index (χ0n) is 69.5. The van der Waals surface area contributed by atoms with E-state index in [0.29, 0.717) is 28.1 Å². The molecule has 0 aliphatic heterocycles. The van der Waals surface area contributed by atoms with E-state index in [4.69, 9.17) is 74.4 Å². The Hall–Kier alpha value is -10.6. The van der Waals surface area contributed by atoms with Crippen LogP contribution in [0.4, 0.5) is 17.6 Å². The number of ether oxygens (including phenoxy) is 4. The quantitative estimate of drug-likeness (QED) is 0.0261. The molecule has 12 saturated carbocycles. The molecule has 660 valence electrons. The molecule has 0 saturated heterocycles. The SMILES string of the molecule is CC1CC2(NC(=O)COc3ccc(Cl)c(F)c3)CCC1(NC(=O)c1cccnc1)CC2.CC1CC2(NC(=O)COc3ccc(Cl)c(F)c3)CCC1(NC(=O)c1ccncc1)CC2.CC1CC2(NC(=O)COc3ccc(Cl)c(F)c3)CCC1(NC(=O)c1ccno1)CC2.Cc1noc(C)c1C(=O)NC12CCC(NC(=O)COc3ccc(Cl)c(F)c3)(CC1)CC2C. The van der Waals surface area contributed by atoms with Crippen LogP contribution < -0.4 is 61.5 Å². The van der Waals surface area contributed by atoms with Crippen LogP contribution in [-0.2, 0) is 19.2 Å². The number of carbonyl (C=O) groups excluding carboxylic acids is 8. The van der Waals surface area contributed by atoms with Crippen LogP contribution in [0, 0.1) is 60.8 Å². The molecule has 4 aromatic carbocycles. The lowest BCUT2D eigenvalue weighted by Crippen LogP contribution is -2.67. The predicted molar refractivity (Wildman–Crippen MR) is 452 cm³/mol. The number of amides is 8. The molecule has 12 aliphatic carbocycles. The first-order chi connectivity index (χ1) is 59.1. The van der Waals surface area contributed by atoms with Gasteiger partial charge in [-0.3, -0.25) is 48.3 Å². The molecule has 20 rings (SSSR count). The first-order valence-corrected chi connectivity index (χ1v) is 43.1. The Balaban J connectivity index is 0.000000142. The normalized spacial score (nSPS) is 27.0. The summed E-state index contributed by atoms with van der Waals surface area (Å²) in [6, 6.07) is 24.8. The molecule has 8 aromatic rings. The van der Waals surface area contributed by atoms with Gasteiger partial charge in [0.05, 0.1) is 37.5 Å². The summed E-state index contributed by atoms with van der Waals surface area (Å²) < 4.78 is 85.9. The number of hydrogen-bond donors (Lipinski definition) is 8. The van der Waals surface area contributed by atoms with Crippen molar-refractivity contribution in [2.75, 3.05) is 26.4 Å². The zero-order valence-corrected chi connectivity index (χ0v) is 72.5. The van der Waals surface area contributed by atoms with Crippen molar-refractivity contribution >= 4 is 93.7 Å². The van der Waals surface area contributed by atoms with Gasteiger partial charge < -0.3 is 70.5 Å². The molecule has 0 radical (unpaired) electrons. The molecule has 124 heavy (non-hydrogen) atoms. The van der Waals surface area contributed by atoms with Gasteiger partial charge in [-0.25, -0.2) is 17.6 Å². The molecule has 4 heterocycles. The number of aryl methyl sites for hydroxylation is 2. The summed E-state index contributed by atoms with van der Waals surface area (Å²) in [6.45, 7) is 11.1. The van der Waals surface area contributed by atoms with Crippen LogP contribution in [0.2, 0.25) is 20.1 Å². The van der Waals surface area contributed by atoms with Crippen molar-refractivity contribution in [3.63, 3.8) is 0 Å². The number of benzene rings is 4. The van der Waals surface area contributed by atoms with Gasteiger partial charge in [-0.05, 0) is 239 Å². The molecule has 26 nitrogen and oxygen atoms in total. The van der Waals surface area contributed by atoms with Crippen molar-refractivity contribution in [1.29, 1.82) is 0 Å². The molecule has 4 atom stereocenters. The average molecular weight is 1790 g/mol. The molecule has 34 heteroatoms. The van der Waals surface area contributed by atoms with E-state index >= 15 is 0 Å². The number of fused-ring (bicyclic) bond motifs is 12. The number of halogens is 8. The van der Waals surface area contributed by atoms with Crippen LogP contribution in [0.3, 0.4) is 0 Å². The highest BCUT2D eigenvalue weighted by Crippen LogP contribution is 2.54. The smallest absolute Gasteiger partial charge is 0.290 e. The second kappa shape index (κ2) is 38.1. The van der Waals surface area contributed by atoms with E-state index in [2.05, 4.69) is 90.5 Å². The molecule has 8 amide bonds. The summed E-state index contributed by atoms with van der Waals surface area (Å²) in [7, 11) is 0. The second-order valence-corrected chi connectivity index (χ2v) is 36.3. The largest absolute Gasteiger partial charge is 0.484 e. The Morgan fingerprint density at radius 1 is 0.379 bits per heavy atom. The Labute approximate surface area is 734 Å². The number of rotatable bonds is 24. The van der Waals surface area contributed by atoms with Crippen LogP contribution in [0.1, 0.15) is 209 Å². The highest BCUT2D eigenvalue weighted by molar-refractivity contribution is 6.31. The van der Waals surface area contributed by atoms with Gasteiger partial charge in [0.1, 0.15) is 57.6 Å². The van der Waals surface area contributed by atoms with Crippen LogP contribution in [0.15, 0.2) is 143 Å². The fraction of sp³-hybridized carbons (Fsp3) is 0.467. The van der Waals surface area contributed by atoms with Gasteiger partial charge in [0.15, 0.2) is 26.4 Å². The zero-order chi connectivity index (χ0) is 88.6. The highest BCUT2D eigenvalue weighted by Gasteiger charge is 2.58. The van der Waals surface area contributed by atoms with E-state index in [0.717, 1.165) is 153 Å². The summed E-state index contributed by atoms with van der Waals surface area (Å²) >= 11 is 22.7. The van der Waals surface area contributed by atoms with E-state index in [-0.39, 0.29) is 191 Å². The number of nitrogens with one attached hydrogen (secondary N) is 8. The second-order valence-electron chi connectivity index (χ2n) is 34.7. The van der Waals surface area contributed by atoms with Crippen molar-refractivity contribution in [1.82, 2.24) is 62.8 Å². The molecular formula is C90H100Cl4F4N12O14.